The van der Waals surface area contributed by atoms with Crippen molar-refractivity contribution in [1.29, 1.82) is 0 Å². The molecule has 0 radical (unpaired) electrons. The molecule has 2 aromatic rings. The smallest absolute Gasteiger partial charge is 0.181 e. The maximum absolute atomic E-state index is 11.4. The highest BCUT2D eigenvalue weighted by atomic mass is 32.2. The van der Waals surface area contributed by atoms with Gasteiger partial charge in [0.1, 0.15) is 5.69 Å². The Labute approximate surface area is 106 Å². The molecule has 0 saturated heterocycles. The van der Waals surface area contributed by atoms with E-state index in [9.17, 15) is 8.42 Å². The molecule has 6 heteroatoms. The zero-order valence-electron chi connectivity index (χ0n) is 10.2. The largest absolute Gasteiger partial charge is 0.443 e. The standard InChI is InChI=1S/C12H14N2O3S/c1-13-7-11-12(17-8-14-11)9-3-5-10(6-4-9)18(2,15)16/h3-6,8,13H,7H2,1-2H3. The first-order valence-electron chi connectivity index (χ1n) is 5.40. The van der Waals surface area contributed by atoms with Gasteiger partial charge in [-0.15, -0.1) is 0 Å². The van der Waals surface area contributed by atoms with Crippen molar-refractivity contribution < 1.29 is 12.8 Å². The van der Waals surface area contributed by atoms with Crippen LogP contribution in [0.15, 0.2) is 40.0 Å². The fraction of sp³-hybridized carbons (Fsp3) is 0.250. The first-order valence-corrected chi connectivity index (χ1v) is 7.29. The van der Waals surface area contributed by atoms with Crippen molar-refractivity contribution in [2.45, 2.75) is 11.4 Å². The molecule has 0 aliphatic carbocycles. The van der Waals surface area contributed by atoms with Crippen LogP contribution in [0.2, 0.25) is 0 Å². The SMILES string of the molecule is CNCc1ncoc1-c1ccc(S(C)(=O)=O)cc1. The highest BCUT2D eigenvalue weighted by molar-refractivity contribution is 7.90. The first kappa shape index (κ1) is 12.8. The highest BCUT2D eigenvalue weighted by Crippen LogP contribution is 2.24. The molecule has 0 fully saturated rings. The van der Waals surface area contributed by atoms with Gasteiger partial charge in [-0.3, -0.25) is 0 Å². The lowest BCUT2D eigenvalue weighted by molar-refractivity contribution is 0.570. The van der Waals surface area contributed by atoms with E-state index < -0.39 is 9.84 Å². The number of aromatic nitrogens is 1. The van der Waals surface area contributed by atoms with Gasteiger partial charge in [-0.05, 0) is 31.3 Å². The van der Waals surface area contributed by atoms with E-state index in [1.807, 2.05) is 7.05 Å². The van der Waals surface area contributed by atoms with E-state index in [4.69, 9.17) is 4.42 Å². The molecule has 5 nitrogen and oxygen atoms in total. The van der Waals surface area contributed by atoms with Gasteiger partial charge < -0.3 is 9.73 Å². The zero-order valence-corrected chi connectivity index (χ0v) is 11.0. The van der Waals surface area contributed by atoms with Crippen LogP contribution >= 0.6 is 0 Å². The van der Waals surface area contributed by atoms with Crippen LogP contribution in [0.25, 0.3) is 11.3 Å². The molecule has 2 rings (SSSR count). The summed E-state index contributed by atoms with van der Waals surface area (Å²) in [4.78, 5) is 4.40. The number of hydrogen-bond acceptors (Lipinski definition) is 5. The van der Waals surface area contributed by atoms with Crippen LogP contribution < -0.4 is 5.32 Å². The predicted molar refractivity (Wildman–Crippen MR) is 67.8 cm³/mol. The van der Waals surface area contributed by atoms with E-state index in [1.165, 1.54) is 12.6 Å². The van der Waals surface area contributed by atoms with Gasteiger partial charge in [-0.2, -0.15) is 0 Å². The molecule has 18 heavy (non-hydrogen) atoms. The van der Waals surface area contributed by atoms with Gasteiger partial charge in [0.2, 0.25) is 0 Å². The minimum absolute atomic E-state index is 0.293. The van der Waals surface area contributed by atoms with E-state index in [0.29, 0.717) is 17.2 Å². The first-order chi connectivity index (χ1) is 8.52. The Kier molecular flexibility index (Phi) is 3.49. The molecule has 1 heterocycles. The molecule has 0 unspecified atom stereocenters. The number of rotatable bonds is 4. The average Bonchev–Trinajstić information content (AvgIpc) is 2.77. The molecule has 0 spiro atoms. The molecule has 1 aromatic heterocycles. The van der Waals surface area contributed by atoms with E-state index in [1.54, 1.807) is 24.3 Å². The molecular formula is C12H14N2O3S. The highest BCUT2D eigenvalue weighted by Gasteiger charge is 2.12. The van der Waals surface area contributed by atoms with Gasteiger partial charge in [0.25, 0.3) is 0 Å². The molecule has 0 atom stereocenters. The van der Waals surface area contributed by atoms with Crippen LogP contribution in [0.5, 0.6) is 0 Å². The maximum Gasteiger partial charge on any atom is 0.181 e. The summed E-state index contributed by atoms with van der Waals surface area (Å²) < 4.78 is 28.0. The monoisotopic (exact) mass is 266 g/mol. The molecule has 0 aliphatic heterocycles. The minimum Gasteiger partial charge on any atom is -0.443 e. The van der Waals surface area contributed by atoms with Gasteiger partial charge in [0.15, 0.2) is 22.0 Å². The van der Waals surface area contributed by atoms with Gasteiger partial charge in [0, 0.05) is 18.4 Å². The topological polar surface area (TPSA) is 72.2 Å². The van der Waals surface area contributed by atoms with Crippen molar-refractivity contribution in [3.8, 4) is 11.3 Å². The molecule has 96 valence electrons. The Bertz CT molecular complexity index is 630. The predicted octanol–water partition coefficient (Wildman–Crippen LogP) is 1.46. The van der Waals surface area contributed by atoms with E-state index >= 15 is 0 Å². The second-order valence-corrected chi connectivity index (χ2v) is 5.97. The number of benzene rings is 1. The Morgan fingerprint density at radius 2 is 1.94 bits per heavy atom. The summed E-state index contributed by atoms with van der Waals surface area (Å²) in [6, 6.07) is 6.57. The summed E-state index contributed by atoms with van der Waals surface area (Å²) in [7, 11) is -1.34. The fourth-order valence-corrected chi connectivity index (χ4v) is 2.28. The van der Waals surface area contributed by atoms with Crippen molar-refractivity contribution in [3.63, 3.8) is 0 Å². The third kappa shape index (κ3) is 2.60. The van der Waals surface area contributed by atoms with Crippen LogP contribution in [0.4, 0.5) is 0 Å². The second kappa shape index (κ2) is 4.91. The van der Waals surface area contributed by atoms with Crippen LogP contribution in [0.3, 0.4) is 0 Å². The molecular weight excluding hydrogens is 252 g/mol. The summed E-state index contributed by atoms with van der Waals surface area (Å²) >= 11 is 0. The second-order valence-electron chi connectivity index (χ2n) is 3.96. The number of sulfone groups is 1. The number of nitrogens with zero attached hydrogens (tertiary/aromatic N) is 1. The Balaban J connectivity index is 2.37. The van der Waals surface area contributed by atoms with E-state index in [0.717, 1.165) is 11.3 Å². The lowest BCUT2D eigenvalue weighted by atomic mass is 10.1. The summed E-state index contributed by atoms with van der Waals surface area (Å²) in [6.45, 7) is 0.597. The molecule has 0 aliphatic rings. The third-order valence-electron chi connectivity index (χ3n) is 2.53. The lowest BCUT2D eigenvalue weighted by Gasteiger charge is -2.02. The van der Waals surface area contributed by atoms with Gasteiger partial charge in [-0.25, -0.2) is 13.4 Å². The van der Waals surface area contributed by atoms with Gasteiger partial charge in [0.05, 0.1) is 4.90 Å². The summed E-state index contributed by atoms with van der Waals surface area (Å²) in [6.07, 6.45) is 2.56. The van der Waals surface area contributed by atoms with Crippen molar-refractivity contribution >= 4 is 9.84 Å². The number of oxazole rings is 1. The Morgan fingerprint density at radius 1 is 1.28 bits per heavy atom. The summed E-state index contributed by atoms with van der Waals surface area (Å²) in [5, 5.41) is 3.00. The fourth-order valence-electron chi connectivity index (χ4n) is 1.65. The summed E-state index contributed by atoms with van der Waals surface area (Å²) in [5.41, 5.74) is 1.61. The van der Waals surface area contributed by atoms with Crippen molar-refractivity contribution in [2.24, 2.45) is 0 Å². The summed E-state index contributed by atoms with van der Waals surface area (Å²) in [5.74, 6) is 0.657. The van der Waals surface area contributed by atoms with E-state index in [-0.39, 0.29) is 0 Å². The van der Waals surface area contributed by atoms with Crippen molar-refractivity contribution in [3.05, 3.63) is 36.4 Å². The van der Waals surface area contributed by atoms with Gasteiger partial charge >= 0.3 is 0 Å². The zero-order chi connectivity index (χ0) is 13.2. The Hall–Kier alpha value is -1.66. The van der Waals surface area contributed by atoms with Crippen molar-refractivity contribution in [1.82, 2.24) is 10.3 Å². The van der Waals surface area contributed by atoms with Crippen molar-refractivity contribution in [2.75, 3.05) is 13.3 Å². The van der Waals surface area contributed by atoms with E-state index in [2.05, 4.69) is 10.3 Å². The normalized spacial score (nSPS) is 11.7. The third-order valence-corrected chi connectivity index (χ3v) is 3.66. The number of hydrogen-bond donors (Lipinski definition) is 1. The Morgan fingerprint density at radius 3 is 2.50 bits per heavy atom. The molecule has 0 bridgehead atoms. The van der Waals surface area contributed by atoms with Crippen LogP contribution in [-0.2, 0) is 16.4 Å². The molecule has 1 aromatic carbocycles. The molecule has 0 amide bonds. The van der Waals surface area contributed by atoms with Gasteiger partial charge in [-0.1, -0.05) is 0 Å². The quantitative estimate of drug-likeness (QED) is 0.907. The average molecular weight is 266 g/mol. The van der Waals surface area contributed by atoms with Crippen LogP contribution in [0, 0.1) is 0 Å². The number of nitrogens with one attached hydrogen (secondary N) is 1. The van der Waals surface area contributed by atoms with Crippen LogP contribution in [0.1, 0.15) is 5.69 Å². The maximum atomic E-state index is 11.4. The van der Waals surface area contributed by atoms with Crippen LogP contribution in [-0.4, -0.2) is 26.7 Å². The molecule has 0 saturated carbocycles. The minimum atomic E-state index is -3.17. The lowest BCUT2D eigenvalue weighted by Crippen LogP contribution is -2.06. The molecule has 1 N–H and O–H groups in total.